The van der Waals surface area contributed by atoms with Gasteiger partial charge in [-0.15, -0.1) is 0 Å². The summed E-state index contributed by atoms with van der Waals surface area (Å²) in [7, 11) is 1.50. The normalized spacial score (nSPS) is 11.1. The first-order valence-corrected chi connectivity index (χ1v) is 9.21. The molecule has 0 saturated carbocycles. The summed E-state index contributed by atoms with van der Waals surface area (Å²) in [6.45, 7) is 0. The van der Waals surface area contributed by atoms with Gasteiger partial charge in [0, 0.05) is 10.9 Å². The number of nitrogens with zero attached hydrogens (tertiary/aromatic N) is 3. The molecule has 0 bridgehead atoms. The molecule has 29 heavy (non-hydrogen) atoms. The first-order chi connectivity index (χ1) is 14.2. The molecular formula is C22H17ClN4O2. The van der Waals surface area contributed by atoms with Crippen molar-refractivity contribution in [3.8, 4) is 22.9 Å². The Morgan fingerprint density at radius 3 is 2.66 bits per heavy atom. The van der Waals surface area contributed by atoms with Gasteiger partial charge in [0.25, 0.3) is 0 Å². The van der Waals surface area contributed by atoms with Crippen LogP contribution in [0.3, 0.4) is 0 Å². The largest absolute Gasteiger partial charge is 0.504 e. The van der Waals surface area contributed by atoms with E-state index in [1.165, 1.54) is 7.11 Å². The molecule has 0 aliphatic rings. The first-order valence-electron chi connectivity index (χ1n) is 8.83. The lowest BCUT2D eigenvalue weighted by atomic mass is 10.2. The van der Waals surface area contributed by atoms with Crippen LogP contribution in [-0.2, 0) is 0 Å². The minimum Gasteiger partial charge on any atom is -0.504 e. The van der Waals surface area contributed by atoms with Crippen molar-refractivity contribution in [3.63, 3.8) is 0 Å². The Morgan fingerprint density at radius 2 is 1.83 bits per heavy atom. The SMILES string of the molecule is COc1cc(/C=N/Nc2nc(-c3ccccc3Cl)nc3ccccc23)ccc1O. The van der Waals surface area contributed by atoms with Gasteiger partial charge in [0.2, 0.25) is 0 Å². The highest BCUT2D eigenvalue weighted by Gasteiger charge is 2.11. The molecule has 3 aromatic carbocycles. The Hall–Kier alpha value is -3.64. The number of para-hydroxylation sites is 1. The number of phenolic OH excluding ortho intramolecular Hbond substituents is 1. The molecule has 4 rings (SSSR count). The highest BCUT2D eigenvalue weighted by Crippen LogP contribution is 2.29. The molecule has 0 aliphatic carbocycles. The molecule has 7 heteroatoms. The average Bonchev–Trinajstić information content (AvgIpc) is 2.75. The Bertz CT molecular complexity index is 1210. The van der Waals surface area contributed by atoms with E-state index in [2.05, 4.69) is 20.5 Å². The fourth-order valence-electron chi connectivity index (χ4n) is 2.87. The molecule has 0 atom stereocenters. The molecule has 1 aromatic heterocycles. The van der Waals surface area contributed by atoms with Gasteiger partial charge >= 0.3 is 0 Å². The monoisotopic (exact) mass is 404 g/mol. The van der Waals surface area contributed by atoms with Crippen LogP contribution in [0.1, 0.15) is 5.56 Å². The molecule has 0 unspecified atom stereocenters. The number of anilines is 1. The molecule has 4 aromatic rings. The van der Waals surface area contributed by atoms with E-state index in [0.29, 0.717) is 22.4 Å². The third-order valence-corrected chi connectivity index (χ3v) is 4.64. The average molecular weight is 405 g/mol. The van der Waals surface area contributed by atoms with Crippen LogP contribution in [0, 0.1) is 0 Å². The molecule has 0 radical (unpaired) electrons. The highest BCUT2D eigenvalue weighted by molar-refractivity contribution is 6.33. The van der Waals surface area contributed by atoms with Crippen LogP contribution in [0.25, 0.3) is 22.3 Å². The topological polar surface area (TPSA) is 79.6 Å². The van der Waals surface area contributed by atoms with E-state index >= 15 is 0 Å². The Balaban J connectivity index is 1.70. The molecule has 6 nitrogen and oxygen atoms in total. The number of aromatic hydroxyl groups is 1. The van der Waals surface area contributed by atoms with Crippen LogP contribution in [0.4, 0.5) is 5.82 Å². The number of aromatic nitrogens is 2. The van der Waals surface area contributed by atoms with Crippen molar-refractivity contribution in [1.29, 1.82) is 0 Å². The zero-order valence-electron chi connectivity index (χ0n) is 15.5. The minimum absolute atomic E-state index is 0.0729. The molecule has 0 saturated heterocycles. The third kappa shape index (κ3) is 3.97. The van der Waals surface area contributed by atoms with E-state index in [1.54, 1.807) is 30.5 Å². The standard InChI is InChI=1S/C22H17ClN4O2/c1-29-20-12-14(10-11-19(20)28)13-24-27-22-16-7-3-5-9-18(16)25-21(26-22)15-6-2-4-8-17(15)23/h2-13,28H,1H3,(H,25,26,27)/b24-13+. The zero-order chi connectivity index (χ0) is 20.2. The van der Waals surface area contributed by atoms with Crippen molar-refractivity contribution < 1.29 is 9.84 Å². The smallest absolute Gasteiger partial charge is 0.163 e. The lowest BCUT2D eigenvalue weighted by Crippen LogP contribution is -1.99. The fourth-order valence-corrected chi connectivity index (χ4v) is 3.09. The van der Waals surface area contributed by atoms with Gasteiger partial charge in [0.15, 0.2) is 23.1 Å². The van der Waals surface area contributed by atoms with Crippen LogP contribution in [0.15, 0.2) is 71.8 Å². The van der Waals surface area contributed by atoms with Crippen LogP contribution in [-0.4, -0.2) is 28.4 Å². The lowest BCUT2D eigenvalue weighted by molar-refractivity contribution is 0.373. The molecule has 0 fully saturated rings. The number of benzene rings is 3. The molecule has 0 spiro atoms. The van der Waals surface area contributed by atoms with Gasteiger partial charge in [-0.25, -0.2) is 9.97 Å². The Labute approximate surface area is 172 Å². The number of halogens is 1. The second kappa shape index (κ2) is 8.16. The summed E-state index contributed by atoms with van der Waals surface area (Å²) in [5.74, 6) is 1.53. The van der Waals surface area contributed by atoms with Crippen molar-refractivity contribution in [2.75, 3.05) is 12.5 Å². The highest BCUT2D eigenvalue weighted by atomic mass is 35.5. The third-order valence-electron chi connectivity index (χ3n) is 4.31. The molecular weight excluding hydrogens is 388 g/mol. The van der Waals surface area contributed by atoms with E-state index in [4.69, 9.17) is 16.3 Å². The minimum atomic E-state index is 0.0729. The number of hydrazone groups is 1. The predicted molar refractivity (Wildman–Crippen MR) is 116 cm³/mol. The Kier molecular flexibility index (Phi) is 5.27. The van der Waals surface area contributed by atoms with Crippen LogP contribution in [0.5, 0.6) is 11.5 Å². The molecule has 2 N–H and O–H groups in total. The zero-order valence-corrected chi connectivity index (χ0v) is 16.3. The Morgan fingerprint density at radius 1 is 1.03 bits per heavy atom. The molecule has 0 aliphatic heterocycles. The summed E-state index contributed by atoms with van der Waals surface area (Å²) in [4.78, 5) is 9.26. The summed E-state index contributed by atoms with van der Waals surface area (Å²) in [6, 6.07) is 20.1. The number of fused-ring (bicyclic) bond motifs is 1. The molecule has 144 valence electrons. The van der Waals surface area contributed by atoms with Crippen molar-refractivity contribution in [1.82, 2.24) is 9.97 Å². The van der Waals surface area contributed by atoms with Gasteiger partial charge in [-0.3, -0.25) is 5.43 Å². The number of phenols is 1. The van der Waals surface area contributed by atoms with E-state index in [-0.39, 0.29) is 5.75 Å². The van der Waals surface area contributed by atoms with E-state index in [0.717, 1.165) is 22.0 Å². The summed E-state index contributed by atoms with van der Waals surface area (Å²) in [6.07, 6.45) is 1.62. The van der Waals surface area contributed by atoms with Crippen molar-refractivity contribution >= 4 is 34.5 Å². The lowest BCUT2D eigenvalue weighted by Gasteiger charge is -2.09. The number of hydrogen-bond donors (Lipinski definition) is 2. The quantitative estimate of drug-likeness (QED) is 0.357. The number of rotatable bonds is 5. The van der Waals surface area contributed by atoms with E-state index in [9.17, 15) is 5.11 Å². The maximum atomic E-state index is 9.71. The van der Waals surface area contributed by atoms with Crippen molar-refractivity contribution in [3.05, 3.63) is 77.3 Å². The maximum absolute atomic E-state index is 9.71. The fraction of sp³-hybridized carbons (Fsp3) is 0.0455. The molecule has 0 amide bonds. The van der Waals surface area contributed by atoms with Gasteiger partial charge in [0.1, 0.15) is 0 Å². The second-order valence-electron chi connectivity index (χ2n) is 6.19. The predicted octanol–water partition coefficient (Wildman–Crippen LogP) is 5.11. The summed E-state index contributed by atoms with van der Waals surface area (Å²) >= 11 is 6.33. The van der Waals surface area contributed by atoms with E-state index in [1.807, 2.05) is 42.5 Å². The number of methoxy groups -OCH3 is 1. The second-order valence-corrected chi connectivity index (χ2v) is 6.60. The number of ether oxygens (including phenoxy) is 1. The van der Waals surface area contributed by atoms with Crippen LogP contribution in [0.2, 0.25) is 5.02 Å². The van der Waals surface area contributed by atoms with Gasteiger partial charge in [-0.2, -0.15) is 5.10 Å². The summed E-state index contributed by atoms with van der Waals surface area (Å²) in [5, 5.41) is 15.4. The summed E-state index contributed by atoms with van der Waals surface area (Å²) < 4.78 is 5.12. The van der Waals surface area contributed by atoms with Gasteiger partial charge in [-0.05, 0) is 48.0 Å². The first kappa shape index (κ1) is 18.7. The van der Waals surface area contributed by atoms with Crippen LogP contribution >= 0.6 is 11.6 Å². The van der Waals surface area contributed by atoms with Gasteiger partial charge < -0.3 is 9.84 Å². The van der Waals surface area contributed by atoms with Gasteiger partial charge in [-0.1, -0.05) is 35.9 Å². The number of hydrogen-bond acceptors (Lipinski definition) is 6. The van der Waals surface area contributed by atoms with Crippen LogP contribution < -0.4 is 10.2 Å². The van der Waals surface area contributed by atoms with Gasteiger partial charge in [0.05, 0.1) is 23.9 Å². The maximum Gasteiger partial charge on any atom is 0.163 e. The van der Waals surface area contributed by atoms with Crippen molar-refractivity contribution in [2.45, 2.75) is 0 Å². The number of nitrogens with one attached hydrogen (secondary N) is 1. The van der Waals surface area contributed by atoms with Crippen molar-refractivity contribution in [2.24, 2.45) is 5.10 Å². The summed E-state index contributed by atoms with van der Waals surface area (Å²) in [5.41, 5.74) is 5.28. The van der Waals surface area contributed by atoms with E-state index < -0.39 is 0 Å². The molecule has 1 heterocycles.